The number of aryl methyl sites for hydroxylation is 1. The number of halogens is 5. The number of aromatic amines is 1. The van der Waals surface area contributed by atoms with E-state index in [1.165, 1.54) is 11.0 Å². The van der Waals surface area contributed by atoms with Gasteiger partial charge in [-0.15, -0.1) is 0 Å². The summed E-state index contributed by atoms with van der Waals surface area (Å²) in [4.78, 5) is 22.6. The van der Waals surface area contributed by atoms with Crippen molar-refractivity contribution in [2.45, 2.75) is 25.3 Å². The van der Waals surface area contributed by atoms with E-state index < -0.39 is 59.5 Å². The van der Waals surface area contributed by atoms with Crippen LogP contribution >= 0.6 is 0 Å². The molecule has 0 spiro atoms. The number of carbonyl (C=O) groups is 1. The minimum Gasteiger partial charge on any atom is -0.363 e. The van der Waals surface area contributed by atoms with E-state index in [4.69, 9.17) is 0 Å². The van der Waals surface area contributed by atoms with Crippen molar-refractivity contribution >= 4 is 28.3 Å². The van der Waals surface area contributed by atoms with Crippen molar-refractivity contribution in [2.24, 2.45) is 7.05 Å². The Morgan fingerprint density at radius 3 is 2.61 bits per heavy atom. The first kappa shape index (κ1) is 22.5. The summed E-state index contributed by atoms with van der Waals surface area (Å²) in [5.74, 6) is -7.84. The summed E-state index contributed by atoms with van der Waals surface area (Å²) in [5, 5.41) is 4.23. The molecule has 1 N–H and O–H groups in total. The van der Waals surface area contributed by atoms with E-state index in [1.807, 2.05) is 0 Å². The van der Waals surface area contributed by atoms with Crippen LogP contribution in [0.5, 0.6) is 0 Å². The maximum atomic E-state index is 15.7. The van der Waals surface area contributed by atoms with Gasteiger partial charge in [0, 0.05) is 43.0 Å². The summed E-state index contributed by atoms with van der Waals surface area (Å²) in [6.45, 7) is 0.552. The highest BCUT2D eigenvalue weighted by molar-refractivity contribution is 6.11. The maximum Gasteiger partial charge on any atom is 0.280 e. The molecular formula is C24H19F5N6O. The minimum atomic E-state index is -3.08. The van der Waals surface area contributed by atoms with E-state index in [2.05, 4.69) is 15.1 Å². The number of nitrogens with one attached hydrogen (secondary N) is 1. The van der Waals surface area contributed by atoms with Gasteiger partial charge in [-0.05, 0) is 25.1 Å². The molecule has 1 atom stereocenters. The van der Waals surface area contributed by atoms with Crippen molar-refractivity contribution in [1.29, 1.82) is 0 Å². The van der Waals surface area contributed by atoms with Gasteiger partial charge in [-0.3, -0.25) is 14.4 Å². The largest absolute Gasteiger partial charge is 0.363 e. The zero-order valence-corrected chi connectivity index (χ0v) is 19.1. The van der Waals surface area contributed by atoms with Gasteiger partial charge in [0.05, 0.1) is 41.2 Å². The molecule has 0 aliphatic carbocycles. The highest BCUT2D eigenvalue weighted by Crippen LogP contribution is 2.46. The molecule has 0 radical (unpaired) electrons. The Morgan fingerprint density at radius 1 is 1.11 bits per heavy atom. The number of alkyl halides is 2. The third-order valence-electron chi connectivity index (χ3n) is 6.98. The normalized spacial score (nSPS) is 19.1. The van der Waals surface area contributed by atoms with E-state index in [-0.39, 0.29) is 23.5 Å². The lowest BCUT2D eigenvalue weighted by atomic mass is 9.96. The number of H-pyrrole nitrogens is 1. The lowest BCUT2D eigenvalue weighted by Gasteiger charge is -2.28. The second kappa shape index (κ2) is 7.52. The van der Waals surface area contributed by atoms with Gasteiger partial charge in [-0.2, -0.15) is 5.10 Å². The number of amides is 1. The highest BCUT2D eigenvalue weighted by Gasteiger charge is 2.47. The third-order valence-corrected chi connectivity index (χ3v) is 6.98. The van der Waals surface area contributed by atoms with Crippen LogP contribution in [0.3, 0.4) is 0 Å². The number of benzene rings is 2. The van der Waals surface area contributed by atoms with E-state index in [1.54, 1.807) is 32.2 Å². The smallest absolute Gasteiger partial charge is 0.280 e. The van der Waals surface area contributed by atoms with Crippen LogP contribution in [0, 0.1) is 24.4 Å². The Morgan fingerprint density at radius 2 is 1.89 bits per heavy atom. The average Bonchev–Trinajstić information content (AvgIpc) is 3.57. The molecule has 6 rings (SSSR count). The zero-order chi connectivity index (χ0) is 25.5. The molecule has 1 fully saturated rings. The fraction of sp³-hybridized carbons (Fsp3) is 0.292. The van der Waals surface area contributed by atoms with Crippen LogP contribution in [0.2, 0.25) is 0 Å². The first-order chi connectivity index (χ1) is 17.1. The summed E-state index contributed by atoms with van der Waals surface area (Å²) in [6.07, 6.45) is 0.920. The number of nitrogens with zero attached hydrogens (tertiary/aromatic N) is 5. The number of aromatic nitrogens is 4. The summed E-state index contributed by atoms with van der Waals surface area (Å²) in [7, 11) is 1.59. The van der Waals surface area contributed by atoms with E-state index in [9.17, 15) is 13.6 Å². The molecule has 0 bridgehead atoms. The molecule has 1 amide bonds. The average molecular weight is 502 g/mol. The summed E-state index contributed by atoms with van der Waals surface area (Å²) < 4.78 is 75.4. The molecule has 2 aromatic carbocycles. The lowest BCUT2D eigenvalue weighted by molar-refractivity contribution is 0.0256. The van der Waals surface area contributed by atoms with Gasteiger partial charge in [0.25, 0.3) is 11.8 Å². The zero-order valence-electron chi connectivity index (χ0n) is 19.1. The first-order valence-corrected chi connectivity index (χ1v) is 11.2. The second-order valence-corrected chi connectivity index (χ2v) is 9.10. The minimum absolute atomic E-state index is 0.00963. The number of fused-ring (bicyclic) bond motifs is 2. The van der Waals surface area contributed by atoms with Crippen LogP contribution < -0.4 is 9.80 Å². The molecule has 7 nitrogen and oxygen atoms in total. The van der Waals surface area contributed by atoms with Gasteiger partial charge in [0.2, 0.25) is 0 Å². The highest BCUT2D eigenvalue weighted by atomic mass is 19.3. The molecule has 0 saturated carbocycles. The number of anilines is 2. The fourth-order valence-corrected chi connectivity index (χ4v) is 5.10. The van der Waals surface area contributed by atoms with Crippen LogP contribution in [0.15, 0.2) is 30.6 Å². The molecule has 4 heterocycles. The molecular weight excluding hydrogens is 483 g/mol. The van der Waals surface area contributed by atoms with Gasteiger partial charge >= 0.3 is 0 Å². The molecule has 1 unspecified atom stereocenters. The molecule has 4 aromatic rings. The number of imidazole rings is 1. The van der Waals surface area contributed by atoms with Gasteiger partial charge in [-0.1, -0.05) is 0 Å². The molecule has 2 aliphatic rings. The summed E-state index contributed by atoms with van der Waals surface area (Å²) in [5.41, 5.74) is 0.895. The Labute approximate surface area is 201 Å². The van der Waals surface area contributed by atoms with Crippen molar-refractivity contribution in [3.63, 3.8) is 0 Å². The number of hydrogen-bond donors (Lipinski definition) is 1. The Hall–Kier alpha value is -3.96. The topological polar surface area (TPSA) is 70.0 Å². The molecule has 186 valence electrons. The van der Waals surface area contributed by atoms with Gasteiger partial charge in [-0.25, -0.2) is 26.9 Å². The van der Waals surface area contributed by atoms with Gasteiger partial charge in [0.1, 0.15) is 5.82 Å². The maximum absolute atomic E-state index is 15.7. The third kappa shape index (κ3) is 3.12. The van der Waals surface area contributed by atoms with Gasteiger partial charge in [0.15, 0.2) is 17.3 Å². The van der Waals surface area contributed by atoms with Crippen molar-refractivity contribution in [3.05, 3.63) is 70.6 Å². The molecule has 2 aromatic heterocycles. The van der Waals surface area contributed by atoms with Crippen molar-refractivity contribution in [3.8, 4) is 0 Å². The SMILES string of the molecule is Cc1c2c(nn1C)C(=O)N(c1ccc3[nH]cnc3c1)C2c1c(F)cc(N2CCC(F)(F)C2)c(F)c1F. The molecule has 12 heteroatoms. The number of rotatable bonds is 3. The van der Waals surface area contributed by atoms with Crippen LogP contribution in [0.4, 0.5) is 33.3 Å². The second-order valence-electron chi connectivity index (χ2n) is 9.10. The quantitative estimate of drug-likeness (QED) is 0.328. The first-order valence-electron chi connectivity index (χ1n) is 11.2. The van der Waals surface area contributed by atoms with Crippen molar-refractivity contribution in [2.75, 3.05) is 22.9 Å². The lowest BCUT2D eigenvalue weighted by Crippen LogP contribution is -2.32. The van der Waals surface area contributed by atoms with Gasteiger partial charge < -0.3 is 9.88 Å². The van der Waals surface area contributed by atoms with E-state index >= 15 is 13.2 Å². The van der Waals surface area contributed by atoms with Crippen molar-refractivity contribution in [1.82, 2.24) is 19.7 Å². The number of hydrogen-bond acceptors (Lipinski definition) is 4. The van der Waals surface area contributed by atoms with Crippen LogP contribution in [0.25, 0.3) is 11.0 Å². The predicted octanol–water partition coefficient (Wildman–Crippen LogP) is 4.62. The summed E-state index contributed by atoms with van der Waals surface area (Å²) >= 11 is 0. The standard InChI is InChI=1S/C24H19F5N6O/c1-11-17-21(32-33(11)2)23(36)35(12-3-4-14-15(7-12)31-10-30-14)22(17)18-13(25)8-16(19(26)20(18)27)34-6-5-24(28,29)9-34/h3-4,7-8,10,22H,5-6,9H2,1-2H3,(H,30,31). The molecule has 1 saturated heterocycles. The van der Waals surface area contributed by atoms with Crippen LogP contribution in [0.1, 0.15) is 39.8 Å². The van der Waals surface area contributed by atoms with Crippen LogP contribution in [-0.2, 0) is 7.05 Å². The summed E-state index contributed by atoms with van der Waals surface area (Å²) in [6, 6.07) is 4.17. The Balaban J connectivity index is 1.54. The molecule has 2 aliphatic heterocycles. The van der Waals surface area contributed by atoms with E-state index in [0.29, 0.717) is 16.7 Å². The van der Waals surface area contributed by atoms with Crippen molar-refractivity contribution < 1.29 is 26.7 Å². The van der Waals surface area contributed by atoms with Crippen LogP contribution in [-0.4, -0.2) is 44.7 Å². The monoisotopic (exact) mass is 502 g/mol. The Bertz CT molecular complexity index is 1560. The van der Waals surface area contributed by atoms with E-state index in [0.717, 1.165) is 15.9 Å². The Kier molecular flexibility index (Phi) is 4.70. The number of carbonyl (C=O) groups excluding carboxylic acids is 1. The predicted molar refractivity (Wildman–Crippen MR) is 121 cm³/mol. The fourth-order valence-electron chi connectivity index (χ4n) is 5.10. The molecule has 36 heavy (non-hydrogen) atoms.